The summed E-state index contributed by atoms with van der Waals surface area (Å²) in [6.45, 7) is 8.30. The van der Waals surface area contributed by atoms with Crippen LogP contribution in [0.15, 0.2) is 48.5 Å². The highest BCUT2D eigenvalue weighted by Crippen LogP contribution is 2.07. The van der Waals surface area contributed by atoms with E-state index in [-0.39, 0.29) is 11.8 Å². The summed E-state index contributed by atoms with van der Waals surface area (Å²) in [7, 11) is 0. The molecule has 2 aromatic carbocycles. The average Bonchev–Trinajstić information content (AvgIpc) is 2.65. The van der Waals surface area contributed by atoms with Gasteiger partial charge < -0.3 is 10.6 Å². The van der Waals surface area contributed by atoms with Crippen LogP contribution in [0.5, 0.6) is 0 Å². The molecular formula is C21H28FN3O. The van der Waals surface area contributed by atoms with E-state index in [1.807, 2.05) is 18.2 Å². The van der Waals surface area contributed by atoms with Crippen LogP contribution in [0, 0.1) is 5.82 Å². The van der Waals surface area contributed by atoms with Gasteiger partial charge in [0.05, 0.1) is 0 Å². The summed E-state index contributed by atoms with van der Waals surface area (Å²) < 4.78 is 13.1. The van der Waals surface area contributed by atoms with Gasteiger partial charge in [0.15, 0.2) is 0 Å². The number of carbonyl (C=O) groups is 1. The van der Waals surface area contributed by atoms with Crippen molar-refractivity contribution >= 4 is 6.03 Å². The fraction of sp³-hybridized carbons (Fsp3) is 0.381. The Morgan fingerprint density at radius 2 is 1.65 bits per heavy atom. The van der Waals surface area contributed by atoms with E-state index in [4.69, 9.17) is 0 Å². The molecule has 0 aliphatic rings. The Labute approximate surface area is 155 Å². The van der Waals surface area contributed by atoms with E-state index in [2.05, 4.69) is 41.5 Å². The van der Waals surface area contributed by atoms with E-state index in [1.165, 1.54) is 17.7 Å². The molecule has 0 heterocycles. The Balaban J connectivity index is 1.70. The van der Waals surface area contributed by atoms with Crippen LogP contribution in [-0.2, 0) is 19.5 Å². The highest BCUT2D eigenvalue weighted by atomic mass is 19.1. The Bertz CT molecular complexity index is 684. The van der Waals surface area contributed by atoms with Gasteiger partial charge in [0.2, 0.25) is 0 Å². The minimum Gasteiger partial charge on any atom is -0.338 e. The van der Waals surface area contributed by atoms with Crippen molar-refractivity contribution in [2.75, 3.05) is 19.6 Å². The number of rotatable bonds is 9. The Hall–Kier alpha value is -2.40. The zero-order valence-electron chi connectivity index (χ0n) is 15.6. The van der Waals surface area contributed by atoms with Crippen LogP contribution in [0.25, 0.3) is 0 Å². The Morgan fingerprint density at radius 3 is 2.31 bits per heavy atom. The summed E-state index contributed by atoms with van der Waals surface area (Å²) in [6, 6.07) is 14.5. The van der Waals surface area contributed by atoms with Gasteiger partial charge in [0.25, 0.3) is 0 Å². The van der Waals surface area contributed by atoms with Crippen molar-refractivity contribution < 1.29 is 9.18 Å². The molecular weight excluding hydrogens is 329 g/mol. The third-order valence-corrected chi connectivity index (χ3v) is 4.36. The van der Waals surface area contributed by atoms with Crippen molar-refractivity contribution in [1.29, 1.82) is 0 Å². The number of halogens is 1. The zero-order chi connectivity index (χ0) is 18.8. The van der Waals surface area contributed by atoms with E-state index in [0.29, 0.717) is 19.5 Å². The van der Waals surface area contributed by atoms with Crippen molar-refractivity contribution in [3.8, 4) is 0 Å². The molecule has 2 amide bonds. The first kappa shape index (κ1) is 19.9. The third kappa shape index (κ3) is 6.84. The highest BCUT2D eigenvalue weighted by molar-refractivity contribution is 5.73. The summed E-state index contributed by atoms with van der Waals surface area (Å²) >= 11 is 0. The summed E-state index contributed by atoms with van der Waals surface area (Å²) in [4.78, 5) is 14.2. The van der Waals surface area contributed by atoms with Crippen LogP contribution in [-0.4, -0.2) is 30.6 Å². The van der Waals surface area contributed by atoms with Gasteiger partial charge in [0.1, 0.15) is 5.82 Å². The topological polar surface area (TPSA) is 44.4 Å². The summed E-state index contributed by atoms with van der Waals surface area (Å²) in [5, 5.41) is 5.64. The molecule has 4 nitrogen and oxygen atoms in total. The average molecular weight is 357 g/mol. The van der Waals surface area contributed by atoms with Gasteiger partial charge in [-0.25, -0.2) is 9.18 Å². The standard InChI is InChI=1S/C21H28FN3O/c1-3-25(4-2)16-19-10-8-18(9-11-19)15-24-21(26)23-13-12-17-6-5-7-20(22)14-17/h5-11,14H,3-4,12-13,15-16H2,1-2H3,(H2,23,24,26). The molecule has 0 fully saturated rings. The normalized spacial score (nSPS) is 10.8. The molecule has 0 radical (unpaired) electrons. The van der Waals surface area contributed by atoms with E-state index in [9.17, 15) is 9.18 Å². The van der Waals surface area contributed by atoms with Gasteiger partial charge in [-0.2, -0.15) is 0 Å². The van der Waals surface area contributed by atoms with Crippen LogP contribution >= 0.6 is 0 Å². The first-order chi connectivity index (χ1) is 12.6. The monoisotopic (exact) mass is 357 g/mol. The van der Waals surface area contributed by atoms with Crippen molar-refractivity contribution in [2.24, 2.45) is 0 Å². The second-order valence-electron chi connectivity index (χ2n) is 6.27. The van der Waals surface area contributed by atoms with Gasteiger partial charge >= 0.3 is 6.03 Å². The van der Waals surface area contributed by atoms with Gasteiger partial charge in [-0.1, -0.05) is 50.2 Å². The molecule has 2 rings (SSSR count). The summed E-state index contributed by atoms with van der Waals surface area (Å²) in [6.07, 6.45) is 0.602. The molecule has 0 saturated heterocycles. The molecule has 2 aromatic rings. The molecule has 26 heavy (non-hydrogen) atoms. The van der Waals surface area contributed by atoms with Crippen LogP contribution in [0.1, 0.15) is 30.5 Å². The van der Waals surface area contributed by atoms with Crippen LogP contribution in [0.3, 0.4) is 0 Å². The second kappa shape index (κ2) is 10.6. The van der Waals surface area contributed by atoms with Crippen molar-refractivity contribution in [3.05, 3.63) is 71.0 Å². The van der Waals surface area contributed by atoms with Gasteiger partial charge in [-0.3, -0.25) is 4.90 Å². The number of nitrogens with zero attached hydrogens (tertiary/aromatic N) is 1. The fourth-order valence-electron chi connectivity index (χ4n) is 2.73. The Kier molecular flexibility index (Phi) is 8.09. The van der Waals surface area contributed by atoms with Crippen molar-refractivity contribution in [3.63, 3.8) is 0 Å². The summed E-state index contributed by atoms with van der Waals surface area (Å²) in [5.41, 5.74) is 3.21. The number of hydrogen-bond acceptors (Lipinski definition) is 2. The lowest BCUT2D eigenvalue weighted by atomic mass is 10.1. The Morgan fingerprint density at radius 1 is 0.962 bits per heavy atom. The second-order valence-corrected chi connectivity index (χ2v) is 6.27. The lowest BCUT2D eigenvalue weighted by Crippen LogP contribution is -2.36. The minimum absolute atomic E-state index is 0.214. The predicted molar refractivity (Wildman–Crippen MR) is 103 cm³/mol. The minimum atomic E-state index is -0.253. The molecule has 0 spiro atoms. The molecule has 2 N–H and O–H groups in total. The molecule has 5 heteroatoms. The number of carbonyl (C=O) groups excluding carboxylic acids is 1. The number of amides is 2. The first-order valence-corrected chi connectivity index (χ1v) is 9.17. The van der Waals surface area contributed by atoms with Crippen LogP contribution < -0.4 is 10.6 Å². The number of nitrogens with one attached hydrogen (secondary N) is 2. The molecule has 140 valence electrons. The lowest BCUT2D eigenvalue weighted by molar-refractivity contribution is 0.240. The lowest BCUT2D eigenvalue weighted by Gasteiger charge is -2.18. The van der Waals surface area contributed by atoms with E-state index in [1.54, 1.807) is 6.07 Å². The molecule has 0 unspecified atom stereocenters. The first-order valence-electron chi connectivity index (χ1n) is 9.17. The SMILES string of the molecule is CCN(CC)Cc1ccc(CNC(=O)NCCc2cccc(F)c2)cc1. The molecule has 0 aliphatic heterocycles. The van der Waals surface area contributed by atoms with Crippen LogP contribution in [0.4, 0.5) is 9.18 Å². The van der Waals surface area contributed by atoms with E-state index < -0.39 is 0 Å². The maximum atomic E-state index is 13.1. The smallest absolute Gasteiger partial charge is 0.315 e. The summed E-state index contributed by atoms with van der Waals surface area (Å²) in [5.74, 6) is -0.253. The number of benzene rings is 2. The fourth-order valence-corrected chi connectivity index (χ4v) is 2.73. The highest BCUT2D eigenvalue weighted by Gasteiger charge is 2.03. The number of hydrogen-bond donors (Lipinski definition) is 2. The zero-order valence-corrected chi connectivity index (χ0v) is 15.6. The quantitative estimate of drug-likeness (QED) is 0.719. The van der Waals surface area contributed by atoms with Gasteiger partial charge in [-0.15, -0.1) is 0 Å². The third-order valence-electron chi connectivity index (χ3n) is 4.36. The maximum absolute atomic E-state index is 13.1. The van der Waals surface area contributed by atoms with Crippen molar-refractivity contribution in [2.45, 2.75) is 33.4 Å². The van der Waals surface area contributed by atoms with Gasteiger partial charge in [0, 0.05) is 19.6 Å². The maximum Gasteiger partial charge on any atom is 0.315 e. The molecule has 0 aliphatic carbocycles. The molecule has 0 atom stereocenters. The predicted octanol–water partition coefficient (Wildman–Crippen LogP) is 3.71. The largest absolute Gasteiger partial charge is 0.338 e. The van der Waals surface area contributed by atoms with Crippen molar-refractivity contribution in [1.82, 2.24) is 15.5 Å². The molecule has 0 aromatic heterocycles. The van der Waals surface area contributed by atoms with E-state index in [0.717, 1.165) is 30.8 Å². The van der Waals surface area contributed by atoms with E-state index >= 15 is 0 Å². The molecule has 0 saturated carbocycles. The molecule has 0 bridgehead atoms. The number of urea groups is 1. The van der Waals surface area contributed by atoms with Crippen LogP contribution in [0.2, 0.25) is 0 Å². The van der Waals surface area contributed by atoms with Gasteiger partial charge in [-0.05, 0) is 48.3 Å².